The van der Waals surface area contributed by atoms with E-state index in [0.29, 0.717) is 66.3 Å². The van der Waals surface area contributed by atoms with Gasteiger partial charge >= 0.3 is 5.97 Å². The van der Waals surface area contributed by atoms with Crippen molar-refractivity contribution in [1.29, 1.82) is 0 Å². The SMILES string of the molecule is O=C(O)c1csc2c(=O)cc(N3CCOCC3)oc12.O=c1cc(N2CCOCC2)oc2c(Br)csc12. The molecule has 6 heterocycles. The van der Waals surface area contributed by atoms with Crippen LogP contribution in [0, 0.1) is 0 Å². The number of ether oxygens (including phenoxy) is 2. The monoisotopic (exact) mass is 596 g/mol. The van der Waals surface area contributed by atoms with Crippen LogP contribution in [-0.4, -0.2) is 63.7 Å². The molecule has 1 N–H and O–H groups in total. The normalized spacial score (nSPS) is 16.2. The lowest BCUT2D eigenvalue weighted by molar-refractivity contribution is 0.0698. The molecule has 2 aliphatic heterocycles. The van der Waals surface area contributed by atoms with E-state index in [0.717, 1.165) is 28.9 Å². The summed E-state index contributed by atoms with van der Waals surface area (Å²) in [5, 5.41) is 12.4. The van der Waals surface area contributed by atoms with Crippen LogP contribution in [0.2, 0.25) is 0 Å². The average Bonchev–Trinajstić information content (AvgIpc) is 3.50. The van der Waals surface area contributed by atoms with Crippen molar-refractivity contribution in [2.24, 2.45) is 0 Å². The molecule has 2 aliphatic rings. The van der Waals surface area contributed by atoms with Crippen LogP contribution in [0.1, 0.15) is 10.4 Å². The highest BCUT2D eigenvalue weighted by Gasteiger charge is 2.20. The van der Waals surface area contributed by atoms with Crippen molar-refractivity contribution in [1.82, 2.24) is 0 Å². The number of carboxylic acid groups (broad SMARTS) is 1. The molecule has 4 aromatic rings. The highest BCUT2D eigenvalue weighted by molar-refractivity contribution is 9.10. The molecule has 4 aromatic heterocycles. The van der Waals surface area contributed by atoms with Crippen molar-refractivity contribution in [3.63, 3.8) is 0 Å². The summed E-state index contributed by atoms with van der Waals surface area (Å²) in [5.41, 5.74) is 0.645. The van der Waals surface area contributed by atoms with Crippen molar-refractivity contribution >= 4 is 76.9 Å². The van der Waals surface area contributed by atoms with Crippen LogP contribution in [0.15, 0.2) is 45.8 Å². The molecule has 0 saturated carbocycles. The molecule has 2 fully saturated rings. The van der Waals surface area contributed by atoms with E-state index in [2.05, 4.69) is 15.9 Å². The molecule has 0 radical (unpaired) electrons. The Kier molecular flexibility index (Phi) is 7.44. The van der Waals surface area contributed by atoms with Gasteiger partial charge < -0.3 is 33.2 Å². The van der Waals surface area contributed by atoms with Gasteiger partial charge in [0.05, 0.1) is 30.9 Å². The first kappa shape index (κ1) is 25.0. The van der Waals surface area contributed by atoms with Gasteiger partial charge in [-0.05, 0) is 15.9 Å². The Bertz CT molecular complexity index is 1510. The zero-order valence-corrected chi connectivity index (χ0v) is 22.1. The number of anilines is 2. The van der Waals surface area contributed by atoms with Gasteiger partial charge in [0.1, 0.15) is 15.0 Å². The molecule has 0 aliphatic carbocycles. The van der Waals surface area contributed by atoms with Gasteiger partial charge in [0.25, 0.3) is 0 Å². The molecule has 2 saturated heterocycles. The Balaban J connectivity index is 0.000000149. The maximum absolute atomic E-state index is 12.0. The van der Waals surface area contributed by atoms with Crippen LogP contribution < -0.4 is 20.7 Å². The molecule has 0 atom stereocenters. The minimum Gasteiger partial charge on any atom is -0.478 e. The third-order valence-electron chi connectivity index (χ3n) is 5.69. The number of aromatic carboxylic acids is 1. The summed E-state index contributed by atoms with van der Waals surface area (Å²) in [4.78, 5) is 38.9. The number of halogens is 1. The summed E-state index contributed by atoms with van der Waals surface area (Å²) in [5.74, 6) is -0.0554. The van der Waals surface area contributed by atoms with E-state index in [9.17, 15) is 14.4 Å². The van der Waals surface area contributed by atoms with Gasteiger partial charge in [-0.3, -0.25) is 9.59 Å². The van der Waals surface area contributed by atoms with Crippen LogP contribution in [0.25, 0.3) is 20.6 Å². The van der Waals surface area contributed by atoms with Crippen molar-refractivity contribution in [3.8, 4) is 0 Å². The Morgan fingerprint density at radius 1 is 0.806 bits per heavy atom. The molecule has 36 heavy (non-hydrogen) atoms. The van der Waals surface area contributed by atoms with Crippen LogP contribution in [0.4, 0.5) is 11.8 Å². The van der Waals surface area contributed by atoms with E-state index in [4.69, 9.17) is 23.4 Å². The second kappa shape index (κ2) is 10.7. The molecule has 0 bridgehead atoms. The molecule has 0 unspecified atom stereocenters. The van der Waals surface area contributed by atoms with E-state index >= 15 is 0 Å². The number of hydrogen-bond acceptors (Lipinski definition) is 11. The topological polar surface area (TPSA) is 123 Å². The first-order chi connectivity index (χ1) is 17.4. The molecular weight excluding hydrogens is 576 g/mol. The van der Waals surface area contributed by atoms with Gasteiger partial charge in [-0.25, -0.2) is 4.79 Å². The second-order valence-electron chi connectivity index (χ2n) is 7.95. The van der Waals surface area contributed by atoms with Gasteiger partial charge in [0.2, 0.25) is 10.9 Å². The number of fused-ring (bicyclic) bond motifs is 2. The average molecular weight is 597 g/mol. The molecule has 190 valence electrons. The quantitative estimate of drug-likeness (QED) is 0.373. The van der Waals surface area contributed by atoms with Crippen molar-refractivity contribution in [2.45, 2.75) is 0 Å². The molecule has 10 nitrogen and oxygen atoms in total. The zero-order chi connectivity index (χ0) is 25.2. The first-order valence-corrected chi connectivity index (χ1v) is 13.6. The first-order valence-electron chi connectivity index (χ1n) is 11.1. The number of hydrogen-bond donors (Lipinski definition) is 1. The summed E-state index contributed by atoms with van der Waals surface area (Å²) >= 11 is 5.89. The van der Waals surface area contributed by atoms with Gasteiger partial charge in [-0.2, -0.15) is 0 Å². The second-order valence-corrected chi connectivity index (χ2v) is 10.6. The van der Waals surface area contributed by atoms with E-state index in [1.165, 1.54) is 22.8 Å². The number of morpholine rings is 2. The van der Waals surface area contributed by atoms with Gasteiger partial charge in [-0.15, -0.1) is 22.7 Å². The highest BCUT2D eigenvalue weighted by Crippen LogP contribution is 2.31. The van der Waals surface area contributed by atoms with E-state index in [-0.39, 0.29) is 22.0 Å². The third-order valence-corrected chi connectivity index (χ3v) is 8.54. The lowest BCUT2D eigenvalue weighted by Gasteiger charge is -2.26. The van der Waals surface area contributed by atoms with Crippen molar-refractivity contribution in [3.05, 3.63) is 53.4 Å². The molecule has 0 aromatic carbocycles. The Hall–Kier alpha value is -2.71. The smallest absolute Gasteiger partial charge is 0.340 e. The van der Waals surface area contributed by atoms with Crippen LogP contribution >= 0.6 is 38.6 Å². The summed E-state index contributed by atoms with van der Waals surface area (Å²) < 4.78 is 23.8. The van der Waals surface area contributed by atoms with E-state index in [1.54, 1.807) is 6.07 Å². The zero-order valence-electron chi connectivity index (χ0n) is 18.9. The summed E-state index contributed by atoms with van der Waals surface area (Å²) in [6, 6.07) is 2.98. The summed E-state index contributed by atoms with van der Waals surface area (Å²) in [7, 11) is 0. The van der Waals surface area contributed by atoms with E-state index < -0.39 is 5.97 Å². The maximum atomic E-state index is 12.0. The van der Waals surface area contributed by atoms with Crippen LogP contribution in [0.5, 0.6) is 0 Å². The number of carbonyl (C=O) groups is 1. The highest BCUT2D eigenvalue weighted by atomic mass is 79.9. The fourth-order valence-corrected chi connectivity index (χ4v) is 6.19. The summed E-state index contributed by atoms with van der Waals surface area (Å²) in [6.45, 7) is 5.25. The van der Waals surface area contributed by atoms with Crippen molar-refractivity contribution < 1.29 is 28.2 Å². The van der Waals surface area contributed by atoms with Crippen LogP contribution in [-0.2, 0) is 9.47 Å². The number of carboxylic acids is 1. The number of rotatable bonds is 3. The number of thiophene rings is 2. The Labute approximate surface area is 220 Å². The molecule has 13 heteroatoms. The third kappa shape index (κ3) is 5.06. The molecule has 0 amide bonds. The molecule has 0 spiro atoms. The van der Waals surface area contributed by atoms with Gasteiger partial charge in [0.15, 0.2) is 22.9 Å². The largest absolute Gasteiger partial charge is 0.478 e. The minimum absolute atomic E-state index is 0.0171. The number of nitrogens with zero attached hydrogens (tertiary/aromatic N) is 2. The lowest BCUT2D eigenvalue weighted by Crippen LogP contribution is -2.36. The molecule has 6 rings (SSSR count). The standard InChI is InChI=1S/C12H11NO5S.C11H10BrNO3S/c14-8-5-9(13-1-3-17-4-2-13)18-10-7(12(15)16)6-19-11(8)10;12-7-6-17-11-8(14)5-9(16-10(7)11)13-1-3-15-4-2-13/h5-6H,1-4H2,(H,15,16);5-6H,1-4H2. The van der Waals surface area contributed by atoms with E-state index in [1.807, 2.05) is 15.2 Å². The van der Waals surface area contributed by atoms with Gasteiger partial charge in [-0.1, -0.05) is 0 Å². The van der Waals surface area contributed by atoms with Crippen molar-refractivity contribution in [2.75, 3.05) is 62.4 Å². The molecular formula is C23H21BrN2O8S2. The minimum atomic E-state index is -1.09. The van der Waals surface area contributed by atoms with Gasteiger partial charge in [0, 0.05) is 49.1 Å². The fourth-order valence-electron chi connectivity index (χ4n) is 3.86. The predicted octanol–water partition coefficient (Wildman–Crippen LogP) is 3.84. The lowest BCUT2D eigenvalue weighted by atomic mass is 10.3. The Morgan fingerprint density at radius 3 is 1.81 bits per heavy atom. The maximum Gasteiger partial charge on any atom is 0.340 e. The fraction of sp³-hybridized carbons (Fsp3) is 0.348. The van der Waals surface area contributed by atoms with Crippen LogP contribution in [0.3, 0.4) is 0 Å². The Morgan fingerprint density at radius 2 is 1.28 bits per heavy atom. The summed E-state index contributed by atoms with van der Waals surface area (Å²) in [6.07, 6.45) is 0. The predicted molar refractivity (Wildman–Crippen MR) is 141 cm³/mol.